The number of nitrogens with two attached hydrogens (primary N) is 1. The van der Waals surface area contributed by atoms with Crippen molar-refractivity contribution in [3.8, 4) is 5.75 Å². The molecule has 1 rings (SSSR count). The van der Waals surface area contributed by atoms with Crippen molar-refractivity contribution in [2.24, 2.45) is 0 Å². The van der Waals surface area contributed by atoms with Crippen molar-refractivity contribution in [2.45, 2.75) is 37.7 Å². The lowest BCUT2D eigenvalue weighted by Gasteiger charge is -2.16. The second-order valence-electron chi connectivity index (χ2n) is 4.44. The average molecular weight is 282 g/mol. The standard InChI is InChI=1S/C14H22N2O2S/c1-5-9(2)19-10(3)14(17)16-13-7-6-11(18-4)8-12(13)15/h6-10H,5,15H2,1-4H3,(H,16,17). The summed E-state index contributed by atoms with van der Waals surface area (Å²) in [7, 11) is 1.58. The molecular formula is C14H22N2O2S. The normalized spacial score (nSPS) is 13.7. The number of methoxy groups -OCH3 is 1. The summed E-state index contributed by atoms with van der Waals surface area (Å²) in [4.78, 5) is 12.1. The highest BCUT2D eigenvalue weighted by molar-refractivity contribution is 8.01. The molecule has 0 heterocycles. The molecule has 0 fully saturated rings. The molecule has 5 heteroatoms. The maximum absolute atomic E-state index is 12.1. The first-order valence-corrected chi connectivity index (χ1v) is 7.32. The number of nitrogens with one attached hydrogen (secondary N) is 1. The fourth-order valence-corrected chi connectivity index (χ4v) is 2.59. The van der Waals surface area contributed by atoms with Crippen LogP contribution in [0.2, 0.25) is 0 Å². The number of benzene rings is 1. The van der Waals surface area contributed by atoms with Crippen LogP contribution in [0, 0.1) is 0 Å². The second kappa shape index (κ2) is 7.28. The van der Waals surface area contributed by atoms with Crippen LogP contribution in [-0.2, 0) is 4.79 Å². The Morgan fingerprint density at radius 2 is 2.16 bits per heavy atom. The van der Waals surface area contributed by atoms with Gasteiger partial charge in [-0.15, -0.1) is 11.8 Å². The van der Waals surface area contributed by atoms with Gasteiger partial charge in [0.2, 0.25) is 5.91 Å². The second-order valence-corrected chi connectivity index (χ2v) is 6.22. The van der Waals surface area contributed by atoms with E-state index in [9.17, 15) is 4.79 Å². The Morgan fingerprint density at radius 3 is 2.68 bits per heavy atom. The third kappa shape index (κ3) is 4.67. The SMILES string of the molecule is CCC(C)SC(C)C(=O)Nc1ccc(OC)cc1N. The molecule has 0 aliphatic heterocycles. The van der Waals surface area contributed by atoms with E-state index in [-0.39, 0.29) is 11.2 Å². The van der Waals surface area contributed by atoms with Gasteiger partial charge in [-0.2, -0.15) is 0 Å². The van der Waals surface area contributed by atoms with Crippen LogP contribution in [0.5, 0.6) is 5.75 Å². The molecule has 106 valence electrons. The fraction of sp³-hybridized carbons (Fsp3) is 0.500. The van der Waals surface area contributed by atoms with E-state index in [1.54, 1.807) is 37.1 Å². The van der Waals surface area contributed by atoms with E-state index in [2.05, 4.69) is 19.2 Å². The van der Waals surface area contributed by atoms with Crippen LogP contribution in [0.4, 0.5) is 11.4 Å². The number of amides is 1. The van der Waals surface area contributed by atoms with Crippen molar-refractivity contribution >= 4 is 29.0 Å². The van der Waals surface area contributed by atoms with Gasteiger partial charge in [-0.05, 0) is 25.5 Å². The van der Waals surface area contributed by atoms with Crippen molar-refractivity contribution in [1.29, 1.82) is 0 Å². The van der Waals surface area contributed by atoms with Gasteiger partial charge in [0.05, 0.1) is 23.7 Å². The van der Waals surface area contributed by atoms with E-state index in [0.717, 1.165) is 6.42 Å². The van der Waals surface area contributed by atoms with Gasteiger partial charge in [0.25, 0.3) is 0 Å². The van der Waals surface area contributed by atoms with Crippen LogP contribution in [0.1, 0.15) is 27.2 Å². The Bertz CT molecular complexity index is 437. The smallest absolute Gasteiger partial charge is 0.237 e. The lowest BCUT2D eigenvalue weighted by atomic mass is 10.2. The molecule has 0 radical (unpaired) electrons. The van der Waals surface area contributed by atoms with Crippen molar-refractivity contribution in [1.82, 2.24) is 0 Å². The molecular weight excluding hydrogens is 260 g/mol. The number of hydrogen-bond donors (Lipinski definition) is 2. The van der Waals surface area contributed by atoms with Crippen molar-refractivity contribution in [3.63, 3.8) is 0 Å². The Balaban J connectivity index is 2.66. The Kier molecular flexibility index (Phi) is 6.02. The van der Waals surface area contributed by atoms with Gasteiger partial charge in [0.1, 0.15) is 5.75 Å². The molecule has 1 aromatic rings. The van der Waals surface area contributed by atoms with Gasteiger partial charge in [-0.3, -0.25) is 4.79 Å². The predicted octanol–water partition coefficient (Wildman–Crippen LogP) is 3.14. The van der Waals surface area contributed by atoms with E-state index in [0.29, 0.717) is 22.4 Å². The quantitative estimate of drug-likeness (QED) is 0.787. The average Bonchev–Trinajstić information content (AvgIpc) is 2.40. The van der Waals surface area contributed by atoms with Crippen molar-refractivity contribution < 1.29 is 9.53 Å². The van der Waals surface area contributed by atoms with Crippen molar-refractivity contribution in [2.75, 3.05) is 18.2 Å². The van der Waals surface area contributed by atoms with Crippen LogP contribution < -0.4 is 15.8 Å². The molecule has 2 atom stereocenters. The van der Waals surface area contributed by atoms with Gasteiger partial charge in [-0.25, -0.2) is 0 Å². The minimum Gasteiger partial charge on any atom is -0.497 e. The number of ether oxygens (including phenoxy) is 1. The number of hydrogen-bond acceptors (Lipinski definition) is 4. The zero-order valence-corrected chi connectivity index (χ0v) is 12.7. The number of carbonyl (C=O) groups excluding carboxylic acids is 1. The Hall–Kier alpha value is -1.36. The fourth-order valence-electron chi connectivity index (χ4n) is 1.52. The molecule has 19 heavy (non-hydrogen) atoms. The molecule has 0 saturated heterocycles. The summed E-state index contributed by atoms with van der Waals surface area (Å²) in [5, 5.41) is 3.22. The highest BCUT2D eigenvalue weighted by Crippen LogP contribution is 2.26. The maximum atomic E-state index is 12.1. The number of thioether (sulfide) groups is 1. The van der Waals surface area contributed by atoms with E-state index in [4.69, 9.17) is 10.5 Å². The molecule has 0 bridgehead atoms. The summed E-state index contributed by atoms with van der Waals surface area (Å²) in [5.74, 6) is 0.652. The maximum Gasteiger partial charge on any atom is 0.237 e. The molecule has 0 aliphatic carbocycles. The number of rotatable bonds is 6. The molecule has 4 nitrogen and oxygen atoms in total. The number of nitrogen functional groups attached to an aromatic ring is 1. The molecule has 1 aromatic carbocycles. The summed E-state index contributed by atoms with van der Waals surface area (Å²) in [6.45, 7) is 6.14. The van der Waals surface area contributed by atoms with Crippen LogP contribution in [-0.4, -0.2) is 23.5 Å². The lowest BCUT2D eigenvalue weighted by Crippen LogP contribution is -2.24. The van der Waals surface area contributed by atoms with Gasteiger partial charge < -0.3 is 15.8 Å². The van der Waals surface area contributed by atoms with E-state index >= 15 is 0 Å². The minimum atomic E-state index is -0.101. The minimum absolute atomic E-state index is 0.0258. The Labute approximate surface area is 119 Å². The third-order valence-electron chi connectivity index (χ3n) is 2.90. The summed E-state index contributed by atoms with van der Waals surface area (Å²) < 4.78 is 5.07. The van der Waals surface area contributed by atoms with Crippen LogP contribution in [0.25, 0.3) is 0 Å². The van der Waals surface area contributed by atoms with Gasteiger partial charge in [0.15, 0.2) is 0 Å². The monoisotopic (exact) mass is 282 g/mol. The van der Waals surface area contributed by atoms with Gasteiger partial charge in [-0.1, -0.05) is 13.8 Å². The first kappa shape index (κ1) is 15.7. The third-order valence-corrected chi connectivity index (χ3v) is 4.32. The molecule has 0 spiro atoms. The molecule has 0 saturated carbocycles. The van der Waals surface area contributed by atoms with E-state index in [1.165, 1.54) is 0 Å². The molecule has 3 N–H and O–H groups in total. The summed E-state index contributed by atoms with van der Waals surface area (Å²) in [5.41, 5.74) is 7.01. The highest BCUT2D eigenvalue weighted by atomic mass is 32.2. The van der Waals surface area contributed by atoms with Crippen LogP contribution in [0.3, 0.4) is 0 Å². The van der Waals surface area contributed by atoms with E-state index in [1.807, 2.05) is 6.92 Å². The van der Waals surface area contributed by atoms with Crippen LogP contribution >= 0.6 is 11.8 Å². The molecule has 0 aromatic heterocycles. The summed E-state index contributed by atoms with van der Waals surface area (Å²) >= 11 is 1.66. The first-order chi connectivity index (χ1) is 8.97. The van der Waals surface area contributed by atoms with Crippen LogP contribution in [0.15, 0.2) is 18.2 Å². The molecule has 1 amide bonds. The summed E-state index contributed by atoms with van der Waals surface area (Å²) in [6.07, 6.45) is 1.05. The topological polar surface area (TPSA) is 64.3 Å². The highest BCUT2D eigenvalue weighted by Gasteiger charge is 2.17. The lowest BCUT2D eigenvalue weighted by molar-refractivity contribution is -0.115. The van der Waals surface area contributed by atoms with Crippen molar-refractivity contribution in [3.05, 3.63) is 18.2 Å². The van der Waals surface area contributed by atoms with Gasteiger partial charge >= 0.3 is 0 Å². The summed E-state index contributed by atoms with van der Waals surface area (Å²) in [6, 6.07) is 5.23. The number of anilines is 2. The molecule has 2 unspecified atom stereocenters. The number of carbonyl (C=O) groups is 1. The zero-order valence-electron chi connectivity index (χ0n) is 11.9. The zero-order chi connectivity index (χ0) is 14.4. The Morgan fingerprint density at radius 1 is 1.47 bits per heavy atom. The van der Waals surface area contributed by atoms with Gasteiger partial charge in [0, 0.05) is 11.3 Å². The van der Waals surface area contributed by atoms with E-state index < -0.39 is 0 Å². The largest absolute Gasteiger partial charge is 0.497 e. The molecule has 0 aliphatic rings. The first-order valence-electron chi connectivity index (χ1n) is 6.37. The predicted molar refractivity (Wildman–Crippen MR) is 82.8 cm³/mol.